The van der Waals surface area contributed by atoms with Crippen LogP contribution in [0, 0.1) is 0 Å². The van der Waals surface area contributed by atoms with E-state index in [1.807, 2.05) is 11.3 Å². The summed E-state index contributed by atoms with van der Waals surface area (Å²) in [4.78, 5) is 2.38. The molecule has 286 valence electrons. The first-order valence-corrected chi connectivity index (χ1v) is 21.6. The van der Waals surface area contributed by atoms with Crippen molar-refractivity contribution in [2.45, 2.75) is 0 Å². The summed E-state index contributed by atoms with van der Waals surface area (Å²) in [6.07, 6.45) is 0. The molecule has 0 unspecified atom stereocenters. The molecule has 3 heteroatoms. The van der Waals surface area contributed by atoms with E-state index in [1.165, 1.54) is 58.9 Å². The van der Waals surface area contributed by atoms with Crippen LogP contribution in [-0.2, 0) is 0 Å². The smallest absolute Gasteiger partial charge is 0.135 e. The van der Waals surface area contributed by atoms with Crippen LogP contribution in [-0.4, -0.2) is 0 Å². The molecule has 12 rings (SSSR count). The number of nitrogens with zero attached hydrogens (tertiary/aromatic N) is 1. The minimum Gasteiger partial charge on any atom is -0.456 e. The Morgan fingerprint density at radius 1 is 0.328 bits per heavy atom. The van der Waals surface area contributed by atoms with Gasteiger partial charge in [0.15, 0.2) is 0 Å². The van der Waals surface area contributed by atoms with Gasteiger partial charge in [-0.1, -0.05) is 164 Å². The van der Waals surface area contributed by atoms with E-state index in [9.17, 15) is 0 Å². The van der Waals surface area contributed by atoms with Gasteiger partial charge in [0.05, 0.1) is 0 Å². The van der Waals surface area contributed by atoms with E-state index in [0.29, 0.717) is 0 Å². The Hall–Kier alpha value is -7.72. The van der Waals surface area contributed by atoms with E-state index in [1.54, 1.807) is 0 Å². The van der Waals surface area contributed by atoms with E-state index in [2.05, 4.69) is 229 Å². The van der Waals surface area contributed by atoms with Crippen molar-refractivity contribution in [3.63, 3.8) is 0 Å². The Kier molecular flexibility index (Phi) is 8.39. The van der Waals surface area contributed by atoms with E-state index >= 15 is 0 Å². The first kappa shape index (κ1) is 35.2. The topological polar surface area (TPSA) is 12.5 Å². The Morgan fingerprint density at radius 2 is 0.918 bits per heavy atom. The van der Waals surface area contributed by atoms with Gasteiger partial charge < -0.3 is 9.64 Å². The summed E-state index contributed by atoms with van der Waals surface area (Å²) in [5.74, 6) is 1.72. The molecular formula is C58H37NOS. The Bertz CT molecular complexity index is 3420. The van der Waals surface area contributed by atoms with Crippen molar-refractivity contribution in [2.75, 3.05) is 4.90 Å². The van der Waals surface area contributed by atoms with Crippen molar-refractivity contribution >= 4 is 59.3 Å². The van der Waals surface area contributed by atoms with Crippen LogP contribution in [0.3, 0.4) is 0 Å². The number of hydrogen-bond acceptors (Lipinski definition) is 3. The van der Waals surface area contributed by atoms with Gasteiger partial charge in [-0.2, -0.15) is 0 Å². The lowest BCUT2D eigenvalue weighted by Gasteiger charge is -2.27. The van der Waals surface area contributed by atoms with Gasteiger partial charge in [-0.05, 0) is 110 Å². The standard InChI is InChI=1S/C58H37NOS/c1-3-12-38(13-4-1)40-22-28-44(29-23-40)59(45-30-24-41(25-31-45)48-18-11-19-51-49-16-8-10-21-56(49)61-58(48)51)46-32-34-47-43(36-46)26-33-50-53-37-42(39-14-5-2-6-15-39)27-35-55(53)60-54-20-9-7-17-52(54)57(47)50/h1-37H. The molecule has 1 aromatic heterocycles. The summed E-state index contributed by atoms with van der Waals surface area (Å²) in [6.45, 7) is 0. The van der Waals surface area contributed by atoms with Crippen molar-refractivity contribution < 1.29 is 4.74 Å². The van der Waals surface area contributed by atoms with Crippen LogP contribution in [0.5, 0.6) is 11.5 Å². The second-order valence-electron chi connectivity index (χ2n) is 15.6. The van der Waals surface area contributed by atoms with Gasteiger partial charge >= 0.3 is 0 Å². The highest BCUT2D eigenvalue weighted by molar-refractivity contribution is 7.26. The maximum absolute atomic E-state index is 6.72. The molecule has 0 saturated carbocycles. The first-order chi connectivity index (χ1) is 30.2. The normalized spacial score (nSPS) is 11.7. The highest BCUT2D eigenvalue weighted by Crippen LogP contribution is 2.51. The maximum atomic E-state index is 6.72. The number of ether oxygens (including phenoxy) is 1. The molecule has 0 bridgehead atoms. The predicted molar refractivity (Wildman–Crippen MR) is 259 cm³/mol. The zero-order valence-electron chi connectivity index (χ0n) is 33.1. The predicted octanol–water partition coefficient (Wildman–Crippen LogP) is 17.1. The van der Waals surface area contributed by atoms with Crippen LogP contribution < -0.4 is 9.64 Å². The minimum atomic E-state index is 0.859. The number of thiophene rings is 1. The molecule has 0 radical (unpaired) electrons. The molecular weight excluding hydrogens is 759 g/mol. The number of anilines is 3. The SMILES string of the molecule is c1ccc(-c2ccc(N(c3ccc(-c4cccc5c4sc4ccccc45)cc3)c3ccc4c5c(ccc4c3)-c3cc(-c4ccccc4)ccc3Oc3ccccc3-5)cc2)cc1. The summed E-state index contributed by atoms with van der Waals surface area (Å²) in [5.41, 5.74) is 15.0. The average Bonchev–Trinajstić information content (AvgIpc) is 3.65. The first-order valence-electron chi connectivity index (χ1n) is 20.7. The third kappa shape index (κ3) is 6.09. The molecule has 0 amide bonds. The molecule has 0 fully saturated rings. The van der Waals surface area contributed by atoms with E-state index in [0.717, 1.165) is 56.2 Å². The molecule has 1 aliphatic rings. The van der Waals surface area contributed by atoms with E-state index in [4.69, 9.17) is 4.74 Å². The lowest BCUT2D eigenvalue weighted by Crippen LogP contribution is -2.10. The number of para-hydroxylation sites is 1. The van der Waals surface area contributed by atoms with Crippen LogP contribution >= 0.6 is 11.3 Å². The summed E-state index contributed by atoms with van der Waals surface area (Å²) in [5, 5.41) is 4.97. The lowest BCUT2D eigenvalue weighted by molar-refractivity contribution is 0.488. The second-order valence-corrected chi connectivity index (χ2v) is 16.7. The summed E-state index contributed by atoms with van der Waals surface area (Å²) in [7, 11) is 0. The van der Waals surface area contributed by atoms with Crippen molar-refractivity contribution in [3.8, 4) is 67.1 Å². The van der Waals surface area contributed by atoms with Crippen LogP contribution in [0.4, 0.5) is 17.1 Å². The van der Waals surface area contributed by atoms with Gasteiger partial charge in [-0.15, -0.1) is 11.3 Å². The number of benzene rings is 10. The average molecular weight is 796 g/mol. The molecule has 2 heterocycles. The molecule has 0 saturated heterocycles. The minimum absolute atomic E-state index is 0.859. The van der Waals surface area contributed by atoms with Crippen molar-refractivity contribution in [3.05, 3.63) is 224 Å². The zero-order chi connectivity index (χ0) is 40.3. The molecule has 61 heavy (non-hydrogen) atoms. The zero-order valence-corrected chi connectivity index (χ0v) is 33.9. The van der Waals surface area contributed by atoms with Crippen LogP contribution in [0.15, 0.2) is 224 Å². The molecule has 0 aliphatic carbocycles. The lowest BCUT2D eigenvalue weighted by atomic mass is 9.88. The van der Waals surface area contributed by atoms with Gasteiger partial charge in [-0.25, -0.2) is 0 Å². The van der Waals surface area contributed by atoms with Gasteiger partial charge in [0.25, 0.3) is 0 Å². The van der Waals surface area contributed by atoms with Gasteiger partial charge in [0.2, 0.25) is 0 Å². The molecule has 0 N–H and O–H groups in total. The highest BCUT2D eigenvalue weighted by Gasteiger charge is 2.24. The van der Waals surface area contributed by atoms with Gasteiger partial charge in [0.1, 0.15) is 11.5 Å². The highest BCUT2D eigenvalue weighted by atomic mass is 32.1. The Balaban J connectivity index is 1.00. The molecule has 1 aliphatic heterocycles. The summed E-state index contributed by atoms with van der Waals surface area (Å²) in [6, 6.07) is 81.0. The fraction of sp³-hybridized carbons (Fsp3) is 0. The van der Waals surface area contributed by atoms with Crippen molar-refractivity contribution in [1.82, 2.24) is 0 Å². The number of fused-ring (bicyclic) bond motifs is 10. The monoisotopic (exact) mass is 795 g/mol. The Labute approximate surface area is 358 Å². The maximum Gasteiger partial charge on any atom is 0.135 e. The van der Waals surface area contributed by atoms with Crippen LogP contribution in [0.25, 0.3) is 86.6 Å². The molecule has 0 atom stereocenters. The van der Waals surface area contributed by atoms with E-state index in [-0.39, 0.29) is 0 Å². The number of rotatable bonds is 6. The molecule has 11 aromatic rings. The van der Waals surface area contributed by atoms with Gasteiger partial charge in [-0.3, -0.25) is 0 Å². The molecule has 10 aromatic carbocycles. The fourth-order valence-corrected chi connectivity index (χ4v) is 10.4. The molecule has 0 spiro atoms. The largest absolute Gasteiger partial charge is 0.456 e. The molecule has 2 nitrogen and oxygen atoms in total. The number of hydrogen-bond donors (Lipinski definition) is 0. The summed E-state index contributed by atoms with van der Waals surface area (Å²) >= 11 is 1.87. The summed E-state index contributed by atoms with van der Waals surface area (Å²) < 4.78 is 9.36. The quantitative estimate of drug-likeness (QED) is 0.166. The van der Waals surface area contributed by atoms with Crippen LogP contribution in [0.2, 0.25) is 0 Å². The van der Waals surface area contributed by atoms with Crippen LogP contribution in [0.1, 0.15) is 0 Å². The van der Waals surface area contributed by atoms with Crippen molar-refractivity contribution in [1.29, 1.82) is 0 Å². The van der Waals surface area contributed by atoms with Crippen molar-refractivity contribution in [2.24, 2.45) is 0 Å². The third-order valence-electron chi connectivity index (χ3n) is 12.1. The Morgan fingerprint density at radius 3 is 1.70 bits per heavy atom. The second kappa shape index (κ2) is 14.5. The van der Waals surface area contributed by atoms with Gasteiger partial charge in [0, 0.05) is 53.9 Å². The third-order valence-corrected chi connectivity index (χ3v) is 13.3. The fourth-order valence-electron chi connectivity index (χ4n) is 9.14. The van der Waals surface area contributed by atoms with E-state index < -0.39 is 0 Å².